The van der Waals surface area contributed by atoms with Gasteiger partial charge >= 0.3 is 11.9 Å². The van der Waals surface area contributed by atoms with Crippen LogP contribution in [0.2, 0.25) is 0 Å². The second-order valence-corrected chi connectivity index (χ2v) is 6.53. The van der Waals surface area contributed by atoms with Gasteiger partial charge in [0.05, 0.1) is 19.1 Å². The smallest absolute Gasteiger partial charge is 0.323 e. The number of hydrogen-bond acceptors (Lipinski definition) is 6. The van der Waals surface area contributed by atoms with Crippen molar-refractivity contribution in [3.63, 3.8) is 0 Å². The van der Waals surface area contributed by atoms with Crippen LogP contribution in [0.1, 0.15) is 12.5 Å². The number of ether oxygens (including phenoxy) is 2. The van der Waals surface area contributed by atoms with E-state index >= 15 is 0 Å². The van der Waals surface area contributed by atoms with Crippen molar-refractivity contribution in [2.45, 2.75) is 24.8 Å². The summed E-state index contributed by atoms with van der Waals surface area (Å²) >= 11 is 0. The molecular weight excluding hydrogens is 310 g/mol. The van der Waals surface area contributed by atoms with Crippen molar-refractivity contribution in [2.24, 2.45) is 0 Å². The summed E-state index contributed by atoms with van der Waals surface area (Å²) in [6.45, 7) is 2.59. The molecule has 1 atom stereocenters. The average Bonchev–Trinajstić information content (AvgIpc) is 2.51. The van der Waals surface area contributed by atoms with Crippen LogP contribution >= 0.6 is 0 Å². The third-order valence-electron chi connectivity index (χ3n) is 3.11. The highest BCUT2D eigenvalue weighted by molar-refractivity contribution is 7.89. The van der Waals surface area contributed by atoms with Gasteiger partial charge in [-0.25, -0.2) is 8.42 Å². The van der Waals surface area contributed by atoms with Crippen LogP contribution < -0.4 is 0 Å². The Bertz CT molecular complexity index is 638. The molecule has 122 valence electrons. The fourth-order valence-electron chi connectivity index (χ4n) is 1.76. The fraction of sp³-hybridized carbons (Fsp3) is 0.429. The number of benzene rings is 1. The van der Waals surface area contributed by atoms with E-state index in [1.165, 1.54) is 19.1 Å². The summed E-state index contributed by atoms with van der Waals surface area (Å²) in [4.78, 5) is 23.1. The molecule has 8 heteroatoms. The van der Waals surface area contributed by atoms with Gasteiger partial charge in [-0.15, -0.1) is 0 Å². The van der Waals surface area contributed by atoms with Crippen LogP contribution in [-0.2, 0) is 29.1 Å². The lowest BCUT2D eigenvalue weighted by molar-refractivity contribution is -0.146. The molecule has 0 saturated heterocycles. The fourth-order valence-corrected chi connectivity index (χ4v) is 3.28. The van der Waals surface area contributed by atoms with Crippen LogP contribution in [0.25, 0.3) is 0 Å². The maximum atomic E-state index is 12.7. The van der Waals surface area contributed by atoms with E-state index in [2.05, 4.69) is 9.47 Å². The van der Waals surface area contributed by atoms with Gasteiger partial charge in [0, 0.05) is 0 Å². The van der Waals surface area contributed by atoms with Crippen LogP contribution in [0.15, 0.2) is 29.2 Å². The van der Waals surface area contributed by atoms with Gasteiger partial charge in [-0.05, 0) is 26.0 Å². The molecule has 0 N–H and O–H groups in total. The van der Waals surface area contributed by atoms with Gasteiger partial charge in [-0.2, -0.15) is 4.31 Å². The number of hydrogen-bond donors (Lipinski definition) is 0. The maximum absolute atomic E-state index is 12.7. The van der Waals surface area contributed by atoms with Gasteiger partial charge in [0.15, 0.2) is 0 Å². The number of nitrogens with zero attached hydrogens (tertiary/aromatic N) is 1. The molecular formula is C14H19NO6S. The van der Waals surface area contributed by atoms with E-state index in [0.717, 1.165) is 24.1 Å². The molecule has 1 aromatic carbocycles. The summed E-state index contributed by atoms with van der Waals surface area (Å²) < 4.78 is 35.2. The van der Waals surface area contributed by atoms with Crippen LogP contribution in [0.4, 0.5) is 0 Å². The molecule has 0 bridgehead atoms. The number of sulfonamides is 1. The molecule has 1 rings (SSSR count). The zero-order valence-corrected chi connectivity index (χ0v) is 13.7. The number of carbonyl (C=O) groups is 2. The Morgan fingerprint density at radius 3 is 2.14 bits per heavy atom. The third-order valence-corrected chi connectivity index (χ3v) is 5.05. The lowest BCUT2D eigenvalue weighted by atomic mass is 10.2. The van der Waals surface area contributed by atoms with Crippen molar-refractivity contribution in [3.8, 4) is 0 Å². The van der Waals surface area contributed by atoms with Gasteiger partial charge < -0.3 is 9.47 Å². The van der Waals surface area contributed by atoms with E-state index in [0.29, 0.717) is 0 Å². The Balaban J connectivity index is 3.26. The molecule has 0 aliphatic heterocycles. The lowest BCUT2D eigenvalue weighted by Crippen LogP contribution is -2.46. The van der Waals surface area contributed by atoms with E-state index in [4.69, 9.17) is 0 Å². The molecule has 0 aliphatic carbocycles. The van der Waals surface area contributed by atoms with Crippen molar-refractivity contribution in [2.75, 3.05) is 20.8 Å². The van der Waals surface area contributed by atoms with Crippen LogP contribution in [0.3, 0.4) is 0 Å². The number of aryl methyl sites for hydroxylation is 1. The van der Waals surface area contributed by atoms with E-state index < -0.39 is 34.5 Å². The van der Waals surface area contributed by atoms with Gasteiger partial charge in [0.2, 0.25) is 10.0 Å². The zero-order valence-electron chi connectivity index (χ0n) is 12.9. The van der Waals surface area contributed by atoms with Gasteiger partial charge in [0.1, 0.15) is 12.6 Å². The van der Waals surface area contributed by atoms with Crippen LogP contribution in [-0.4, -0.2) is 51.5 Å². The van der Waals surface area contributed by atoms with Crippen molar-refractivity contribution < 1.29 is 27.5 Å². The lowest BCUT2D eigenvalue weighted by Gasteiger charge is -2.25. The average molecular weight is 329 g/mol. The normalized spacial score (nSPS) is 12.8. The molecule has 0 unspecified atom stereocenters. The first-order valence-corrected chi connectivity index (χ1v) is 7.91. The molecule has 0 aromatic heterocycles. The minimum Gasteiger partial charge on any atom is -0.468 e. The van der Waals surface area contributed by atoms with E-state index in [9.17, 15) is 18.0 Å². The summed E-state index contributed by atoms with van der Waals surface area (Å²) in [5.74, 6) is -1.54. The quantitative estimate of drug-likeness (QED) is 0.714. The molecule has 1 aromatic rings. The van der Waals surface area contributed by atoms with Gasteiger partial charge in [-0.1, -0.05) is 17.7 Å². The minimum atomic E-state index is -4.05. The van der Waals surface area contributed by atoms with Crippen molar-refractivity contribution in [1.82, 2.24) is 4.31 Å². The molecule has 7 nitrogen and oxygen atoms in total. The predicted molar refractivity (Wildman–Crippen MR) is 78.6 cm³/mol. The highest BCUT2D eigenvalue weighted by Crippen LogP contribution is 2.19. The largest absolute Gasteiger partial charge is 0.468 e. The van der Waals surface area contributed by atoms with Crippen molar-refractivity contribution in [1.29, 1.82) is 0 Å². The molecule has 0 heterocycles. The van der Waals surface area contributed by atoms with Crippen LogP contribution in [0.5, 0.6) is 0 Å². The summed E-state index contributed by atoms with van der Waals surface area (Å²) in [7, 11) is -1.76. The highest BCUT2D eigenvalue weighted by Gasteiger charge is 2.35. The monoisotopic (exact) mass is 329 g/mol. The Kier molecular flexibility index (Phi) is 6.07. The van der Waals surface area contributed by atoms with Crippen molar-refractivity contribution in [3.05, 3.63) is 29.8 Å². The number of methoxy groups -OCH3 is 2. The number of rotatable bonds is 6. The second kappa shape index (κ2) is 7.37. The summed E-state index contributed by atoms with van der Waals surface area (Å²) in [6, 6.07) is 4.94. The van der Waals surface area contributed by atoms with E-state index in [1.54, 1.807) is 12.1 Å². The predicted octanol–water partition coefficient (Wildman–Crippen LogP) is 0.720. The van der Waals surface area contributed by atoms with Crippen LogP contribution in [0, 0.1) is 6.92 Å². The first kappa shape index (κ1) is 18.1. The Hall–Kier alpha value is -1.93. The Labute approximate surface area is 129 Å². The Morgan fingerprint density at radius 2 is 1.68 bits per heavy atom. The van der Waals surface area contributed by atoms with E-state index in [-0.39, 0.29) is 4.90 Å². The number of carbonyl (C=O) groups excluding carboxylic acids is 2. The van der Waals surface area contributed by atoms with Gasteiger partial charge in [-0.3, -0.25) is 9.59 Å². The molecule has 0 fully saturated rings. The first-order chi connectivity index (χ1) is 10.2. The highest BCUT2D eigenvalue weighted by atomic mass is 32.2. The zero-order chi connectivity index (χ0) is 16.9. The molecule has 0 spiro atoms. The Morgan fingerprint density at radius 1 is 1.14 bits per heavy atom. The molecule has 0 amide bonds. The summed E-state index contributed by atoms with van der Waals surface area (Å²) in [6.07, 6.45) is 0. The van der Waals surface area contributed by atoms with Crippen molar-refractivity contribution >= 4 is 22.0 Å². The standard InChI is InChI=1S/C14H19NO6S/c1-10-5-7-12(8-6-10)22(18,19)15(9-13(16)20-3)11(2)14(17)21-4/h5-8,11H,9H2,1-4H3/t11-/m0/s1. The summed E-state index contributed by atoms with van der Waals surface area (Å²) in [5.41, 5.74) is 0.888. The van der Waals surface area contributed by atoms with E-state index in [1.807, 2.05) is 6.92 Å². The molecule has 0 aliphatic rings. The van der Waals surface area contributed by atoms with Gasteiger partial charge in [0.25, 0.3) is 0 Å². The number of esters is 2. The third kappa shape index (κ3) is 4.05. The molecule has 0 radical (unpaired) electrons. The minimum absolute atomic E-state index is 0.0160. The molecule has 0 saturated carbocycles. The second-order valence-electron chi connectivity index (χ2n) is 4.64. The first-order valence-electron chi connectivity index (χ1n) is 6.47. The molecule has 22 heavy (non-hydrogen) atoms. The SMILES string of the molecule is COC(=O)CN([C@@H](C)C(=O)OC)S(=O)(=O)c1ccc(C)cc1. The topological polar surface area (TPSA) is 90.0 Å². The maximum Gasteiger partial charge on any atom is 0.323 e. The summed E-state index contributed by atoms with van der Waals surface area (Å²) in [5, 5.41) is 0.